The summed E-state index contributed by atoms with van der Waals surface area (Å²) in [6.07, 6.45) is 2.74. The fourth-order valence-electron chi connectivity index (χ4n) is 3.36. The van der Waals surface area contributed by atoms with Gasteiger partial charge < -0.3 is 24.6 Å². The maximum Gasteiger partial charge on any atom is 0.226 e. The zero-order valence-electron chi connectivity index (χ0n) is 18.6. The van der Waals surface area contributed by atoms with E-state index in [1.807, 2.05) is 6.92 Å². The van der Waals surface area contributed by atoms with E-state index in [1.54, 1.807) is 7.05 Å². The van der Waals surface area contributed by atoms with Crippen LogP contribution in [0.5, 0.6) is 11.5 Å². The molecule has 0 spiro atoms. The van der Waals surface area contributed by atoms with Crippen LogP contribution in [0.15, 0.2) is 21.6 Å². The number of aliphatic imine (C=N–C) groups is 1. The van der Waals surface area contributed by atoms with Crippen LogP contribution in [-0.4, -0.2) is 42.4 Å². The molecule has 8 heteroatoms. The van der Waals surface area contributed by atoms with Crippen molar-refractivity contribution in [2.45, 2.75) is 65.5 Å². The summed E-state index contributed by atoms with van der Waals surface area (Å²) < 4.78 is 17.0. The lowest BCUT2D eigenvalue weighted by molar-refractivity contribution is 0.254. The number of rotatable bonds is 9. The van der Waals surface area contributed by atoms with E-state index in [2.05, 4.69) is 58.7 Å². The minimum Gasteiger partial charge on any atom is -0.494 e. The molecule has 0 aliphatic carbocycles. The molecule has 1 unspecified atom stereocenters. The van der Waals surface area contributed by atoms with Crippen molar-refractivity contribution in [2.75, 3.05) is 20.2 Å². The van der Waals surface area contributed by atoms with Crippen LogP contribution in [0.25, 0.3) is 0 Å². The van der Waals surface area contributed by atoms with E-state index in [1.165, 1.54) is 5.56 Å². The van der Waals surface area contributed by atoms with Crippen LogP contribution in [0, 0.1) is 0 Å². The van der Waals surface area contributed by atoms with E-state index >= 15 is 0 Å². The summed E-state index contributed by atoms with van der Waals surface area (Å²) in [7, 11) is 1.76. The summed E-state index contributed by atoms with van der Waals surface area (Å²) in [6.45, 7) is 10.2. The van der Waals surface area contributed by atoms with Gasteiger partial charge in [-0.05, 0) is 32.4 Å². The number of hydrogen-bond donors (Lipinski definition) is 2. The SMILES string of the molecule is CCOc1cc2c(cc1CNC(=NC)NCCCc1nc(C(C)C)no1)OC(C)C2. The first-order chi connectivity index (χ1) is 14.5. The highest BCUT2D eigenvalue weighted by Crippen LogP contribution is 2.35. The first-order valence-corrected chi connectivity index (χ1v) is 10.7. The molecule has 0 radical (unpaired) electrons. The van der Waals surface area contributed by atoms with Crippen LogP contribution in [0.1, 0.15) is 62.9 Å². The molecule has 2 aromatic rings. The number of ether oxygens (including phenoxy) is 2. The van der Waals surface area contributed by atoms with Gasteiger partial charge in [-0.2, -0.15) is 4.98 Å². The van der Waals surface area contributed by atoms with Crippen molar-refractivity contribution in [2.24, 2.45) is 4.99 Å². The quantitative estimate of drug-likeness (QED) is 0.369. The highest BCUT2D eigenvalue weighted by atomic mass is 16.5. The predicted octanol–water partition coefficient (Wildman–Crippen LogP) is 3.21. The predicted molar refractivity (Wildman–Crippen MR) is 116 cm³/mol. The molecule has 1 atom stereocenters. The van der Waals surface area contributed by atoms with Crippen molar-refractivity contribution in [3.63, 3.8) is 0 Å². The molecule has 2 heterocycles. The van der Waals surface area contributed by atoms with E-state index in [9.17, 15) is 0 Å². The second kappa shape index (κ2) is 10.3. The molecule has 30 heavy (non-hydrogen) atoms. The Balaban J connectivity index is 1.49. The second-order valence-electron chi connectivity index (χ2n) is 7.79. The first-order valence-electron chi connectivity index (χ1n) is 10.7. The van der Waals surface area contributed by atoms with Gasteiger partial charge in [-0.1, -0.05) is 19.0 Å². The van der Waals surface area contributed by atoms with Crippen molar-refractivity contribution >= 4 is 5.96 Å². The van der Waals surface area contributed by atoms with Crippen molar-refractivity contribution in [1.82, 2.24) is 20.8 Å². The fourth-order valence-corrected chi connectivity index (χ4v) is 3.36. The van der Waals surface area contributed by atoms with Gasteiger partial charge in [0.05, 0.1) is 6.61 Å². The summed E-state index contributed by atoms with van der Waals surface area (Å²) in [5.74, 6) is 4.30. The van der Waals surface area contributed by atoms with E-state index in [4.69, 9.17) is 14.0 Å². The van der Waals surface area contributed by atoms with Gasteiger partial charge in [-0.3, -0.25) is 4.99 Å². The number of aromatic nitrogens is 2. The number of nitrogens with zero attached hydrogens (tertiary/aromatic N) is 3. The lowest BCUT2D eigenvalue weighted by Crippen LogP contribution is -2.37. The number of nitrogens with one attached hydrogen (secondary N) is 2. The van der Waals surface area contributed by atoms with Gasteiger partial charge in [0.1, 0.15) is 17.6 Å². The number of benzene rings is 1. The Morgan fingerprint density at radius 2 is 2.17 bits per heavy atom. The summed E-state index contributed by atoms with van der Waals surface area (Å²) in [6, 6.07) is 4.18. The van der Waals surface area contributed by atoms with Crippen LogP contribution in [-0.2, 0) is 19.4 Å². The molecule has 1 aromatic heterocycles. The third kappa shape index (κ3) is 5.64. The molecule has 0 bridgehead atoms. The largest absolute Gasteiger partial charge is 0.494 e. The molecule has 2 N–H and O–H groups in total. The summed E-state index contributed by atoms with van der Waals surface area (Å²) in [5.41, 5.74) is 2.26. The van der Waals surface area contributed by atoms with E-state index in [0.29, 0.717) is 19.0 Å². The molecule has 0 fully saturated rings. The van der Waals surface area contributed by atoms with Crippen LogP contribution >= 0.6 is 0 Å². The highest BCUT2D eigenvalue weighted by Gasteiger charge is 2.22. The fraction of sp³-hybridized carbons (Fsp3) is 0.591. The van der Waals surface area contributed by atoms with Crippen molar-refractivity contribution in [1.29, 1.82) is 0 Å². The molecule has 1 aliphatic heterocycles. The summed E-state index contributed by atoms with van der Waals surface area (Å²) in [4.78, 5) is 8.71. The monoisotopic (exact) mass is 415 g/mol. The normalized spacial score (nSPS) is 15.8. The maximum absolute atomic E-state index is 5.90. The van der Waals surface area contributed by atoms with Gasteiger partial charge in [-0.25, -0.2) is 0 Å². The van der Waals surface area contributed by atoms with Crippen molar-refractivity contribution in [3.05, 3.63) is 35.0 Å². The van der Waals surface area contributed by atoms with Gasteiger partial charge in [0.15, 0.2) is 11.8 Å². The smallest absolute Gasteiger partial charge is 0.226 e. The summed E-state index contributed by atoms with van der Waals surface area (Å²) >= 11 is 0. The lowest BCUT2D eigenvalue weighted by atomic mass is 10.1. The van der Waals surface area contributed by atoms with Crippen LogP contribution in [0.2, 0.25) is 0 Å². The Morgan fingerprint density at radius 1 is 1.33 bits per heavy atom. The van der Waals surface area contributed by atoms with Gasteiger partial charge in [0.25, 0.3) is 0 Å². The first kappa shape index (κ1) is 21.9. The van der Waals surface area contributed by atoms with Crippen LogP contribution < -0.4 is 20.1 Å². The zero-order valence-corrected chi connectivity index (χ0v) is 18.6. The van der Waals surface area contributed by atoms with Gasteiger partial charge in [0.2, 0.25) is 5.89 Å². The van der Waals surface area contributed by atoms with Crippen LogP contribution in [0.4, 0.5) is 0 Å². The minimum atomic E-state index is 0.211. The Labute approximate surface area is 178 Å². The summed E-state index contributed by atoms with van der Waals surface area (Å²) in [5, 5.41) is 10.7. The zero-order chi connectivity index (χ0) is 21.5. The van der Waals surface area contributed by atoms with Gasteiger partial charge >= 0.3 is 0 Å². The van der Waals surface area contributed by atoms with E-state index < -0.39 is 0 Å². The second-order valence-corrected chi connectivity index (χ2v) is 7.79. The molecule has 0 saturated carbocycles. The van der Waals surface area contributed by atoms with E-state index in [-0.39, 0.29) is 12.0 Å². The number of hydrogen-bond acceptors (Lipinski definition) is 6. The number of guanidine groups is 1. The molecular formula is C22H33N5O3. The average Bonchev–Trinajstić information content (AvgIpc) is 3.33. The third-order valence-electron chi connectivity index (χ3n) is 4.91. The van der Waals surface area contributed by atoms with Gasteiger partial charge in [0, 0.05) is 50.0 Å². The Bertz CT molecular complexity index is 862. The third-order valence-corrected chi connectivity index (χ3v) is 4.91. The Kier molecular flexibility index (Phi) is 7.54. The Morgan fingerprint density at radius 3 is 2.87 bits per heavy atom. The maximum atomic E-state index is 5.90. The topological polar surface area (TPSA) is 93.8 Å². The van der Waals surface area contributed by atoms with Crippen LogP contribution in [0.3, 0.4) is 0 Å². The van der Waals surface area contributed by atoms with Crippen molar-refractivity contribution in [3.8, 4) is 11.5 Å². The molecule has 0 amide bonds. The van der Waals surface area contributed by atoms with Crippen molar-refractivity contribution < 1.29 is 14.0 Å². The standard InChI is InChI=1S/C22H33N5O3/c1-6-28-18-11-16-10-15(4)29-19(16)12-17(18)13-25-22(23-5)24-9-7-8-20-26-21(14(2)3)27-30-20/h11-12,14-15H,6-10,13H2,1-5H3,(H2,23,24,25). The lowest BCUT2D eigenvalue weighted by Gasteiger charge is -2.15. The molecular weight excluding hydrogens is 382 g/mol. The number of aryl methyl sites for hydroxylation is 1. The van der Waals surface area contributed by atoms with E-state index in [0.717, 1.165) is 54.7 Å². The molecule has 8 nitrogen and oxygen atoms in total. The molecule has 1 aliphatic rings. The minimum absolute atomic E-state index is 0.211. The Hall–Kier alpha value is -2.77. The van der Waals surface area contributed by atoms with Gasteiger partial charge in [-0.15, -0.1) is 0 Å². The molecule has 164 valence electrons. The molecule has 1 aromatic carbocycles. The molecule has 3 rings (SSSR count). The molecule has 0 saturated heterocycles. The average molecular weight is 416 g/mol. The highest BCUT2D eigenvalue weighted by molar-refractivity contribution is 5.79. The number of fused-ring (bicyclic) bond motifs is 1.